The molecular weight excluding hydrogens is 516 g/mol. The zero-order valence-electron chi connectivity index (χ0n) is 24.2. The first-order valence-electron chi connectivity index (χ1n) is 15.4. The van der Waals surface area contributed by atoms with Crippen LogP contribution in [-0.4, -0.2) is 59.6 Å². The molecule has 4 amide bonds. The van der Waals surface area contributed by atoms with Crippen LogP contribution in [0.4, 0.5) is 11.4 Å². The Morgan fingerprint density at radius 1 is 0.537 bits per heavy atom. The average Bonchev–Trinajstić information content (AvgIpc) is 3.01. The van der Waals surface area contributed by atoms with Crippen LogP contribution < -0.4 is 10.6 Å². The molecule has 0 bridgehead atoms. The third-order valence-corrected chi connectivity index (χ3v) is 7.88. The van der Waals surface area contributed by atoms with E-state index in [4.69, 9.17) is 0 Å². The summed E-state index contributed by atoms with van der Waals surface area (Å²) in [6, 6.07) is 14.4. The van der Waals surface area contributed by atoms with Gasteiger partial charge in [-0.1, -0.05) is 31.4 Å². The van der Waals surface area contributed by atoms with Crippen molar-refractivity contribution in [2.75, 3.05) is 36.8 Å². The van der Waals surface area contributed by atoms with Crippen molar-refractivity contribution in [2.45, 2.75) is 83.5 Å². The molecule has 8 heteroatoms. The largest absolute Gasteiger partial charge is 0.339 e. The predicted octanol–water partition coefficient (Wildman–Crippen LogP) is 6.25. The summed E-state index contributed by atoms with van der Waals surface area (Å²) < 4.78 is 0. The van der Waals surface area contributed by atoms with Gasteiger partial charge in [0.2, 0.25) is 11.8 Å². The van der Waals surface area contributed by atoms with Gasteiger partial charge in [0.25, 0.3) is 11.8 Å². The van der Waals surface area contributed by atoms with Crippen molar-refractivity contribution in [3.05, 3.63) is 59.7 Å². The lowest BCUT2D eigenvalue weighted by atomic mass is 10.1. The molecular formula is C33H44N4O4. The summed E-state index contributed by atoms with van der Waals surface area (Å²) in [5, 5.41) is 5.85. The smallest absolute Gasteiger partial charge is 0.253 e. The second kappa shape index (κ2) is 15.9. The van der Waals surface area contributed by atoms with Gasteiger partial charge in [-0.25, -0.2) is 0 Å². The SMILES string of the molecule is O=C(CCCCCCCC(=O)Nc1cccc(C(=O)N2CCCCC2)c1)Nc1cccc(C(=O)N2CCCCC2)c1. The van der Waals surface area contributed by atoms with Crippen molar-refractivity contribution in [2.24, 2.45) is 0 Å². The van der Waals surface area contributed by atoms with Crippen LogP contribution in [0.25, 0.3) is 0 Å². The molecule has 0 atom stereocenters. The quantitative estimate of drug-likeness (QED) is 0.300. The lowest BCUT2D eigenvalue weighted by Crippen LogP contribution is -2.35. The molecule has 2 heterocycles. The molecule has 0 spiro atoms. The van der Waals surface area contributed by atoms with Gasteiger partial charge in [0.1, 0.15) is 0 Å². The topological polar surface area (TPSA) is 98.8 Å². The number of anilines is 2. The molecule has 8 nitrogen and oxygen atoms in total. The highest BCUT2D eigenvalue weighted by atomic mass is 16.2. The summed E-state index contributed by atoms with van der Waals surface area (Å²) in [6.07, 6.45) is 11.8. The lowest BCUT2D eigenvalue weighted by Gasteiger charge is -2.26. The number of nitrogens with one attached hydrogen (secondary N) is 2. The Bertz CT molecular complexity index is 1090. The normalized spacial score (nSPS) is 15.3. The second-order valence-corrected chi connectivity index (χ2v) is 11.2. The van der Waals surface area contributed by atoms with Crippen molar-refractivity contribution in [1.29, 1.82) is 0 Å². The molecule has 2 fully saturated rings. The number of benzene rings is 2. The minimum Gasteiger partial charge on any atom is -0.339 e. The Morgan fingerprint density at radius 3 is 1.34 bits per heavy atom. The second-order valence-electron chi connectivity index (χ2n) is 11.2. The van der Waals surface area contributed by atoms with Gasteiger partial charge >= 0.3 is 0 Å². The van der Waals surface area contributed by atoms with Crippen molar-refractivity contribution in [3.63, 3.8) is 0 Å². The number of carbonyl (C=O) groups excluding carboxylic acids is 4. The highest BCUT2D eigenvalue weighted by Crippen LogP contribution is 2.19. The van der Waals surface area contributed by atoms with Gasteiger partial charge in [-0.15, -0.1) is 0 Å². The third-order valence-electron chi connectivity index (χ3n) is 7.88. The number of likely N-dealkylation sites (tertiary alicyclic amines) is 2. The third kappa shape index (κ3) is 9.73. The summed E-state index contributed by atoms with van der Waals surface area (Å²) in [5.41, 5.74) is 2.55. The van der Waals surface area contributed by atoms with Crippen LogP contribution in [0.3, 0.4) is 0 Å². The van der Waals surface area contributed by atoms with Crippen LogP contribution in [-0.2, 0) is 9.59 Å². The molecule has 2 aliphatic rings. The van der Waals surface area contributed by atoms with Crippen molar-refractivity contribution in [3.8, 4) is 0 Å². The summed E-state index contributed by atoms with van der Waals surface area (Å²) >= 11 is 0. The number of hydrogen-bond acceptors (Lipinski definition) is 4. The maximum Gasteiger partial charge on any atom is 0.253 e. The van der Waals surface area contributed by atoms with Gasteiger partial charge < -0.3 is 20.4 Å². The van der Waals surface area contributed by atoms with Crippen LogP contribution in [0.1, 0.15) is 104 Å². The van der Waals surface area contributed by atoms with E-state index < -0.39 is 0 Å². The van der Waals surface area contributed by atoms with Gasteiger partial charge in [-0.3, -0.25) is 19.2 Å². The minimum atomic E-state index is -0.0482. The number of rotatable bonds is 12. The monoisotopic (exact) mass is 560 g/mol. The molecule has 2 aromatic carbocycles. The fourth-order valence-electron chi connectivity index (χ4n) is 5.57. The van der Waals surface area contributed by atoms with E-state index in [2.05, 4.69) is 10.6 Å². The molecule has 220 valence electrons. The Labute approximate surface area is 243 Å². The number of nitrogens with zero attached hydrogens (tertiary/aromatic N) is 2. The standard InChI is InChI=1S/C33H44N4O4/c38-30(34-28-16-12-14-26(24-28)32(40)36-20-8-4-9-21-36)18-6-2-1-3-7-19-31(39)35-29-17-13-15-27(25-29)33(41)37-22-10-5-11-23-37/h12-17,24-25H,1-11,18-23H2,(H,34,38)(H,35,39). The lowest BCUT2D eigenvalue weighted by molar-refractivity contribution is -0.117. The highest BCUT2D eigenvalue weighted by molar-refractivity contribution is 5.98. The maximum atomic E-state index is 12.7. The van der Waals surface area contributed by atoms with Crippen molar-refractivity contribution >= 4 is 35.0 Å². The Morgan fingerprint density at radius 2 is 0.927 bits per heavy atom. The summed E-state index contributed by atoms with van der Waals surface area (Å²) in [7, 11) is 0. The van der Waals surface area contributed by atoms with Gasteiger partial charge in [0.15, 0.2) is 0 Å². The molecule has 2 saturated heterocycles. The summed E-state index contributed by atoms with van der Waals surface area (Å²) in [5.74, 6) is -0.0298. The maximum absolute atomic E-state index is 12.7. The van der Waals surface area contributed by atoms with Crippen LogP contribution >= 0.6 is 0 Å². The van der Waals surface area contributed by atoms with E-state index in [1.54, 1.807) is 24.3 Å². The van der Waals surface area contributed by atoms with E-state index in [1.165, 1.54) is 12.8 Å². The van der Waals surface area contributed by atoms with Gasteiger partial charge in [0, 0.05) is 61.5 Å². The Kier molecular flexibility index (Phi) is 11.8. The molecule has 0 unspecified atom stereocenters. The molecule has 0 aromatic heterocycles. The summed E-state index contributed by atoms with van der Waals surface area (Å²) in [6.45, 7) is 3.20. The molecule has 0 aliphatic carbocycles. The average molecular weight is 561 g/mol. The van der Waals surface area contributed by atoms with Crippen molar-refractivity contribution < 1.29 is 19.2 Å². The first-order valence-corrected chi connectivity index (χ1v) is 15.4. The Hall–Kier alpha value is -3.68. The zero-order valence-corrected chi connectivity index (χ0v) is 24.2. The van der Waals surface area contributed by atoms with Gasteiger partial charge in [0.05, 0.1) is 0 Å². The number of amides is 4. The molecule has 2 N–H and O–H groups in total. The van der Waals surface area contributed by atoms with Crippen LogP contribution in [0.2, 0.25) is 0 Å². The number of unbranched alkanes of at least 4 members (excludes halogenated alkanes) is 4. The molecule has 2 aliphatic heterocycles. The van der Waals surface area contributed by atoms with E-state index in [1.807, 2.05) is 34.1 Å². The minimum absolute atomic E-state index is 0.0333. The van der Waals surface area contributed by atoms with Crippen molar-refractivity contribution in [1.82, 2.24) is 9.80 Å². The Balaban J connectivity index is 1.08. The fourth-order valence-corrected chi connectivity index (χ4v) is 5.57. The van der Waals surface area contributed by atoms with Crippen LogP contribution in [0, 0.1) is 0 Å². The number of piperidine rings is 2. The molecule has 0 radical (unpaired) electrons. The zero-order chi connectivity index (χ0) is 28.9. The number of hydrogen-bond donors (Lipinski definition) is 2. The van der Waals surface area contributed by atoms with Gasteiger partial charge in [-0.05, 0) is 87.8 Å². The summed E-state index contributed by atoms with van der Waals surface area (Å²) in [4.78, 5) is 54.1. The van der Waals surface area contributed by atoms with Gasteiger partial charge in [-0.2, -0.15) is 0 Å². The van der Waals surface area contributed by atoms with E-state index >= 15 is 0 Å². The highest BCUT2D eigenvalue weighted by Gasteiger charge is 2.19. The molecule has 41 heavy (non-hydrogen) atoms. The fraction of sp³-hybridized carbons (Fsp3) is 0.515. The molecule has 0 saturated carbocycles. The first-order chi connectivity index (χ1) is 20.0. The van der Waals surface area contributed by atoms with E-state index in [9.17, 15) is 19.2 Å². The number of carbonyl (C=O) groups is 4. The predicted molar refractivity (Wildman–Crippen MR) is 162 cm³/mol. The van der Waals surface area contributed by atoms with E-state index in [0.717, 1.165) is 84.0 Å². The van der Waals surface area contributed by atoms with Crippen LogP contribution in [0.5, 0.6) is 0 Å². The first kappa shape index (κ1) is 30.3. The van der Waals surface area contributed by atoms with Crippen LogP contribution in [0.15, 0.2) is 48.5 Å². The van der Waals surface area contributed by atoms with E-state index in [-0.39, 0.29) is 23.6 Å². The van der Waals surface area contributed by atoms with E-state index in [0.29, 0.717) is 35.3 Å². The molecule has 2 aromatic rings. The molecule has 4 rings (SSSR count).